The molecule has 0 amide bonds. The molecule has 84 valence electrons. The van der Waals surface area contributed by atoms with E-state index in [1.165, 1.54) is 24.1 Å². The Morgan fingerprint density at radius 1 is 1.00 bits per heavy atom. The van der Waals surface area contributed by atoms with Crippen LogP contribution in [-0.4, -0.2) is 19.6 Å². The standard InChI is InChI=1S/C13H22N2/c1-3-5-12-6-8-13(9-7-12)15-11-10-14-4-2/h6-9,14-15H,3-5,10-11H2,1-2H3. The number of aryl methyl sites for hydroxylation is 1. The zero-order chi connectivity index (χ0) is 10.9. The van der Waals surface area contributed by atoms with E-state index in [1.807, 2.05) is 0 Å². The second kappa shape index (κ2) is 7.30. The monoisotopic (exact) mass is 206 g/mol. The van der Waals surface area contributed by atoms with Crippen molar-refractivity contribution in [3.8, 4) is 0 Å². The second-order valence-corrected chi connectivity index (χ2v) is 3.73. The van der Waals surface area contributed by atoms with E-state index in [1.54, 1.807) is 0 Å². The summed E-state index contributed by atoms with van der Waals surface area (Å²) in [5, 5.41) is 6.67. The molecular weight excluding hydrogens is 184 g/mol. The van der Waals surface area contributed by atoms with Crippen molar-refractivity contribution in [1.82, 2.24) is 5.32 Å². The highest BCUT2D eigenvalue weighted by molar-refractivity contribution is 5.44. The first-order valence-electron chi connectivity index (χ1n) is 5.90. The maximum Gasteiger partial charge on any atom is 0.0340 e. The molecule has 0 unspecified atom stereocenters. The number of anilines is 1. The van der Waals surface area contributed by atoms with Gasteiger partial charge in [0.15, 0.2) is 0 Å². The normalized spacial score (nSPS) is 10.3. The molecule has 0 bridgehead atoms. The van der Waals surface area contributed by atoms with Gasteiger partial charge in [0.05, 0.1) is 0 Å². The lowest BCUT2D eigenvalue weighted by Gasteiger charge is -2.07. The molecule has 0 saturated carbocycles. The first kappa shape index (κ1) is 12.1. The van der Waals surface area contributed by atoms with Crippen molar-refractivity contribution in [2.45, 2.75) is 26.7 Å². The fraction of sp³-hybridized carbons (Fsp3) is 0.538. The van der Waals surface area contributed by atoms with Crippen LogP contribution in [0.2, 0.25) is 0 Å². The van der Waals surface area contributed by atoms with Crippen molar-refractivity contribution < 1.29 is 0 Å². The average molecular weight is 206 g/mol. The summed E-state index contributed by atoms with van der Waals surface area (Å²) in [5.74, 6) is 0. The third-order valence-corrected chi connectivity index (χ3v) is 2.37. The van der Waals surface area contributed by atoms with Crippen LogP contribution in [0.1, 0.15) is 25.8 Å². The molecular formula is C13H22N2. The SMILES string of the molecule is CCCc1ccc(NCCNCC)cc1. The van der Waals surface area contributed by atoms with E-state index in [-0.39, 0.29) is 0 Å². The van der Waals surface area contributed by atoms with Crippen molar-refractivity contribution in [2.75, 3.05) is 25.0 Å². The third-order valence-electron chi connectivity index (χ3n) is 2.37. The number of rotatable bonds is 7. The van der Waals surface area contributed by atoms with Crippen LogP contribution in [0.5, 0.6) is 0 Å². The van der Waals surface area contributed by atoms with E-state index >= 15 is 0 Å². The number of hydrogen-bond donors (Lipinski definition) is 2. The van der Waals surface area contributed by atoms with Gasteiger partial charge in [0.1, 0.15) is 0 Å². The van der Waals surface area contributed by atoms with Crippen LogP contribution in [0.15, 0.2) is 24.3 Å². The van der Waals surface area contributed by atoms with Crippen LogP contribution in [0.4, 0.5) is 5.69 Å². The molecule has 2 nitrogen and oxygen atoms in total. The zero-order valence-electron chi connectivity index (χ0n) is 9.84. The van der Waals surface area contributed by atoms with E-state index in [9.17, 15) is 0 Å². The Hall–Kier alpha value is -1.02. The molecule has 0 atom stereocenters. The minimum Gasteiger partial charge on any atom is -0.384 e. The highest BCUT2D eigenvalue weighted by Crippen LogP contribution is 2.10. The summed E-state index contributed by atoms with van der Waals surface area (Å²) in [7, 11) is 0. The Morgan fingerprint density at radius 3 is 2.33 bits per heavy atom. The van der Waals surface area contributed by atoms with E-state index in [0.717, 1.165) is 19.6 Å². The summed E-state index contributed by atoms with van der Waals surface area (Å²) in [6.45, 7) is 7.38. The van der Waals surface area contributed by atoms with Crippen LogP contribution >= 0.6 is 0 Å². The quantitative estimate of drug-likeness (QED) is 0.670. The van der Waals surface area contributed by atoms with Gasteiger partial charge in [-0.15, -0.1) is 0 Å². The molecule has 0 fully saturated rings. The average Bonchev–Trinajstić information content (AvgIpc) is 2.27. The van der Waals surface area contributed by atoms with Gasteiger partial charge in [-0.3, -0.25) is 0 Å². The third kappa shape index (κ3) is 4.84. The summed E-state index contributed by atoms with van der Waals surface area (Å²) in [5.41, 5.74) is 2.64. The predicted octanol–water partition coefficient (Wildman–Crippen LogP) is 2.66. The minimum atomic E-state index is 0.987. The largest absolute Gasteiger partial charge is 0.384 e. The first-order chi connectivity index (χ1) is 7.36. The van der Waals surface area contributed by atoms with Crippen LogP contribution < -0.4 is 10.6 Å². The van der Waals surface area contributed by atoms with Gasteiger partial charge in [-0.2, -0.15) is 0 Å². The van der Waals surface area contributed by atoms with Crippen molar-refractivity contribution >= 4 is 5.69 Å². The molecule has 15 heavy (non-hydrogen) atoms. The van der Waals surface area contributed by atoms with E-state index in [4.69, 9.17) is 0 Å². The van der Waals surface area contributed by atoms with Crippen molar-refractivity contribution in [1.29, 1.82) is 0 Å². The zero-order valence-corrected chi connectivity index (χ0v) is 9.84. The summed E-state index contributed by atoms with van der Waals surface area (Å²) in [6, 6.07) is 8.74. The summed E-state index contributed by atoms with van der Waals surface area (Å²) < 4.78 is 0. The fourth-order valence-corrected chi connectivity index (χ4v) is 1.55. The second-order valence-electron chi connectivity index (χ2n) is 3.73. The molecule has 2 heteroatoms. The topological polar surface area (TPSA) is 24.1 Å². The van der Waals surface area contributed by atoms with Gasteiger partial charge in [-0.05, 0) is 30.7 Å². The molecule has 0 aromatic heterocycles. The minimum absolute atomic E-state index is 0.987. The molecule has 0 heterocycles. The Bertz CT molecular complexity index is 254. The molecule has 0 radical (unpaired) electrons. The molecule has 0 aliphatic carbocycles. The highest BCUT2D eigenvalue weighted by Gasteiger charge is 1.93. The molecule has 0 aliphatic heterocycles. The van der Waals surface area contributed by atoms with Gasteiger partial charge < -0.3 is 10.6 Å². The lowest BCUT2D eigenvalue weighted by atomic mass is 10.1. The lowest BCUT2D eigenvalue weighted by molar-refractivity contribution is 0.739. The van der Waals surface area contributed by atoms with Crippen LogP contribution in [0, 0.1) is 0 Å². The van der Waals surface area contributed by atoms with Crippen LogP contribution in [-0.2, 0) is 6.42 Å². The summed E-state index contributed by atoms with van der Waals surface area (Å²) >= 11 is 0. The molecule has 1 aromatic rings. The molecule has 1 rings (SSSR count). The number of nitrogens with one attached hydrogen (secondary N) is 2. The number of likely N-dealkylation sites (N-methyl/N-ethyl adjacent to an activating group) is 1. The van der Waals surface area contributed by atoms with Gasteiger partial charge in [0, 0.05) is 18.8 Å². The molecule has 0 saturated heterocycles. The predicted molar refractivity (Wildman–Crippen MR) is 67.5 cm³/mol. The van der Waals surface area contributed by atoms with E-state index < -0.39 is 0 Å². The van der Waals surface area contributed by atoms with Gasteiger partial charge >= 0.3 is 0 Å². The Morgan fingerprint density at radius 2 is 1.73 bits per heavy atom. The Labute approximate surface area is 93.1 Å². The first-order valence-corrected chi connectivity index (χ1v) is 5.90. The molecule has 0 spiro atoms. The van der Waals surface area contributed by atoms with E-state index in [0.29, 0.717) is 0 Å². The Balaban J connectivity index is 2.29. The van der Waals surface area contributed by atoms with Crippen molar-refractivity contribution in [3.63, 3.8) is 0 Å². The number of hydrogen-bond acceptors (Lipinski definition) is 2. The molecule has 0 aliphatic rings. The number of benzene rings is 1. The smallest absolute Gasteiger partial charge is 0.0340 e. The molecule has 2 N–H and O–H groups in total. The van der Waals surface area contributed by atoms with Gasteiger partial charge in [0.2, 0.25) is 0 Å². The van der Waals surface area contributed by atoms with E-state index in [2.05, 4.69) is 48.7 Å². The van der Waals surface area contributed by atoms with Crippen LogP contribution in [0.25, 0.3) is 0 Å². The van der Waals surface area contributed by atoms with Gasteiger partial charge in [-0.1, -0.05) is 32.4 Å². The van der Waals surface area contributed by atoms with Gasteiger partial charge in [-0.25, -0.2) is 0 Å². The highest BCUT2D eigenvalue weighted by atomic mass is 14.9. The summed E-state index contributed by atoms with van der Waals surface area (Å²) in [6.07, 6.45) is 2.39. The fourth-order valence-electron chi connectivity index (χ4n) is 1.55. The molecule has 1 aromatic carbocycles. The van der Waals surface area contributed by atoms with Crippen LogP contribution in [0.3, 0.4) is 0 Å². The Kier molecular flexibility index (Phi) is 5.86. The maximum atomic E-state index is 3.39. The van der Waals surface area contributed by atoms with Gasteiger partial charge in [0.25, 0.3) is 0 Å². The van der Waals surface area contributed by atoms with Crippen molar-refractivity contribution in [3.05, 3.63) is 29.8 Å². The lowest BCUT2D eigenvalue weighted by Crippen LogP contribution is -2.21. The summed E-state index contributed by atoms with van der Waals surface area (Å²) in [4.78, 5) is 0. The van der Waals surface area contributed by atoms with Crippen molar-refractivity contribution in [2.24, 2.45) is 0 Å². The maximum absolute atomic E-state index is 3.39.